The van der Waals surface area contributed by atoms with Crippen LogP contribution < -0.4 is 31.1 Å². The average Bonchev–Trinajstić information content (AvgIpc) is 3.34. The molecule has 0 saturated heterocycles. The van der Waals surface area contributed by atoms with E-state index in [1.54, 1.807) is 0 Å². The second kappa shape index (κ2) is 14.5. The summed E-state index contributed by atoms with van der Waals surface area (Å²) in [6, 6.07) is 78.6. The van der Waals surface area contributed by atoms with Gasteiger partial charge in [0, 0.05) is 47.7 Å². The number of hydrogen-bond acceptors (Lipinski definition) is 5. The summed E-state index contributed by atoms with van der Waals surface area (Å²) >= 11 is 3.70. The van der Waals surface area contributed by atoms with Crippen molar-refractivity contribution in [1.82, 2.24) is 0 Å². The average molecular weight is 840 g/mol. The minimum Gasteiger partial charge on any atom is -0.311 e. The zero-order chi connectivity index (χ0) is 41.6. The van der Waals surface area contributed by atoms with E-state index in [2.05, 4.69) is 234 Å². The molecule has 0 amide bonds. The first-order valence-corrected chi connectivity index (χ1v) is 23.2. The van der Waals surface area contributed by atoms with Crippen molar-refractivity contribution in [2.45, 2.75) is 26.5 Å². The standard InChI is InChI=1S/C57H38BN3S2/c1-37-51(61-49-28-12-16-32-55(49)63-56-33-17-13-29-50(56)61)35-39-19-3-5-21-42(39)57(37)58-43-22-6-8-24-45(43)60(46-25-9-7-23-44(46)58)52-36-40(34-38-18-2-4-20-41(38)52)59-47-26-10-14-30-53(47)62-54-31-15-11-27-48(54)59/h2-36H,1H3. The highest BCUT2D eigenvalue weighted by atomic mass is 32.2. The lowest BCUT2D eigenvalue weighted by atomic mass is 9.34. The van der Waals surface area contributed by atoms with Crippen LogP contribution in [0.15, 0.2) is 232 Å². The van der Waals surface area contributed by atoms with Crippen molar-refractivity contribution in [3.8, 4) is 0 Å². The number of para-hydroxylation sites is 6. The first-order chi connectivity index (χ1) is 31.2. The van der Waals surface area contributed by atoms with Crippen LogP contribution in [0.5, 0.6) is 0 Å². The number of anilines is 9. The number of rotatable bonds is 4. The summed E-state index contributed by atoms with van der Waals surface area (Å²) in [7, 11) is 0. The van der Waals surface area contributed by atoms with E-state index >= 15 is 0 Å². The maximum absolute atomic E-state index is 2.54. The molecule has 6 heteroatoms. The predicted molar refractivity (Wildman–Crippen MR) is 270 cm³/mol. The zero-order valence-corrected chi connectivity index (χ0v) is 36.1. The Hall–Kier alpha value is -7.12. The van der Waals surface area contributed by atoms with Crippen LogP contribution >= 0.6 is 23.5 Å². The highest BCUT2D eigenvalue weighted by Crippen LogP contribution is 2.54. The van der Waals surface area contributed by atoms with Gasteiger partial charge in [0.05, 0.1) is 28.4 Å². The molecule has 0 spiro atoms. The van der Waals surface area contributed by atoms with Crippen LogP contribution in [0.25, 0.3) is 21.5 Å². The third-order valence-corrected chi connectivity index (χ3v) is 15.3. The molecule has 3 heterocycles. The molecule has 10 aromatic rings. The van der Waals surface area contributed by atoms with Gasteiger partial charge in [0.15, 0.2) is 0 Å². The summed E-state index contributed by atoms with van der Waals surface area (Å²) < 4.78 is 0. The van der Waals surface area contributed by atoms with Gasteiger partial charge >= 0.3 is 0 Å². The van der Waals surface area contributed by atoms with E-state index < -0.39 is 0 Å². The van der Waals surface area contributed by atoms with Gasteiger partial charge in [-0.3, -0.25) is 0 Å². The van der Waals surface area contributed by atoms with Gasteiger partial charge in [0.1, 0.15) is 0 Å². The van der Waals surface area contributed by atoms with Gasteiger partial charge in [-0.15, -0.1) is 0 Å². The molecule has 10 aromatic carbocycles. The molecule has 296 valence electrons. The Labute approximate surface area is 376 Å². The topological polar surface area (TPSA) is 9.72 Å². The van der Waals surface area contributed by atoms with Crippen LogP contribution in [0.1, 0.15) is 5.56 Å². The van der Waals surface area contributed by atoms with Crippen LogP contribution in [-0.4, -0.2) is 6.71 Å². The van der Waals surface area contributed by atoms with Crippen molar-refractivity contribution >= 4 is 119 Å². The van der Waals surface area contributed by atoms with Crippen LogP contribution in [-0.2, 0) is 0 Å². The van der Waals surface area contributed by atoms with Gasteiger partial charge in [0.2, 0.25) is 6.71 Å². The Balaban J connectivity index is 1.05. The van der Waals surface area contributed by atoms with Crippen molar-refractivity contribution in [2.24, 2.45) is 0 Å². The quantitative estimate of drug-likeness (QED) is 0.163. The molecular weight excluding hydrogens is 802 g/mol. The van der Waals surface area contributed by atoms with E-state index in [0.717, 1.165) is 11.4 Å². The van der Waals surface area contributed by atoms with Gasteiger partial charge in [0.25, 0.3) is 0 Å². The summed E-state index contributed by atoms with van der Waals surface area (Å²) in [6.45, 7) is 2.32. The van der Waals surface area contributed by atoms with Gasteiger partial charge < -0.3 is 14.7 Å². The first kappa shape index (κ1) is 36.5. The molecule has 0 bridgehead atoms. The number of nitrogens with zero attached hydrogens (tertiary/aromatic N) is 3. The van der Waals surface area contributed by atoms with Crippen molar-refractivity contribution in [3.05, 3.63) is 218 Å². The molecule has 0 saturated carbocycles. The fourth-order valence-electron chi connectivity index (χ4n) is 10.3. The Kier molecular flexibility index (Phi) is 8.40. The summed E-state index contributed by atoms with van der Waals surface area (Å²) in [5, 5.41) is 4.92. The SMILES string of the molecule is Cc1c(N2c3ccccc3Sc3ccccc32)cc2ccccc2c1B1c2ccccc2N(c2cc(N3c4ccccc4Sc4ccccc43)cc3ccccc23)c2ccccc21. The number of fused-ring (bicyclic) bond motifs is 8. The molecule has 0 atom stereocenters. The van der Waals surface area contributed by atoms with E-state index in [4.69, 9.17) is 0 Å². The first-order valence-electron chi connectivity index (χ1n) is 21.5. The third kappa shape index (κ3) is 5.65. The van der Waals surface area contributed by atoms with Gasteiger partial charge in [-0.1, -0.05) is 162 Å². The summed E-state index contributed by atoms with van der Waals surface area (Å²) in [6.07, 6.45) is 0. The fraction of sp³-hybridized carbons (Fsp3) is 0.0175. The molecule has 0 aliphatic carbocycles. The van der Waals surface area contributed by atoms with E-state index in [0.29, 0.717) is 0 Å². The smallest absolute Gasteiger partial charge is 0.247 e. The summed E-state index contributed by atoms with van der Waals surface area (Å²) in [4.78, 5) is 12.5. The van der Waals surface area contributed by atoms with Crippen LogP contribution in [0.4, 0.5) is 51.2 Å². The van der Waals surface area contributed by atoms with E-state index in [-0.39, 0.29) is 6.71 Å². The molecule has 0 fully saturated rings. The maximum atomic E-state index is 2.54. The molecule has 0 radical (unpaired) electrons. The van der Waals surface area contributed by atoms with Gasteiger partial charge in [-0.25, -0.2) is 0 Å². The molecule has 0 N–H and O–H groups in total. The zero-order valence-electron chi connectivity index (χ0n) is 34.4. The largest absolute Gasteiger partial charge is 0.311 e. The second-order valence-electron chi connectivity index (χ2n) is 16.5. The van der Waals surface area contributed by atoms with Crippen LogP contribution in [0.2, 0.25) is 0 Å². The van der Waals surface area contributed by atoms with E-state index in [1.807, 2.05) is 23.5 Å². The molecule has 3 aliphatic rings. The van der Waals surface area contributed by atoms with Gasteiger partial charge in [-0.05, 0) is 118 Å². The molecule has 0 unspecified atom stereocenters. The molecule has 13 rings (SSSR count). The lowest BCUT2D eigenvalue weighted by molar-refractivity contribution is 1.16. The van der Waals surface area contributed by atoms with Crippen molar-refractivity contribution in [1.29, 1.82) is 0 Å². The Morgan fingerprint density at radius 1 is 0.333 bits per heavy atom. The minimum atomic E-state index is -0.0320. The predicted octanol–water partition coefficient (Wildman–Crippen LogP) is 14.5. The number of benzene rings is 10. The molecule has 3 aliphatic heterocycles. The second-order valence-corrected chi connectivity index (χ2v) is 18.6. The Morgan fingerprint density at radius 3 is 1.27 bits per heavy atom. The fourth-order valence-corrected chi connectivity index (χ4v) is 12.5. The van der Waals surface area contributed by atoms with E-state index in [1.165, 1.54) is 103 Å². The lowest BCUT2D eigenvalue weighted by Crippen LogP contribution is -2.58. The maximum Gasteiger partial charge on any atom is 0.247 e. The monoisotopic (exact) mass is 839 g/mol. The Morgan fingerprint density at radius 2 is 0.730 bits per heavy atom. The molecule has 3 nitrogen and oxygen atoms in total. The van der Waals surface area contributed by atoms with Crippen LogP contribution in [0, 0.1) is 6.92 Å². The summed E-state index contributed by atoms with van der Waals surface area (Å²) in [5.74, 6) is 0. The molecular formula is C57H38BN3S2. The van der Waals surface area contributed by atoms with Crippen LogP contribution in [0.3, 0.4) is 0 Å². The lowest BCUT2D eigenvalue weighted by Gasteiger charge is -2.40. The molecule has 63 heavy (non-hydrogen) atoms. The highest BCUT2D eigenvalue weighted by Gasteiger charge is 2.39. The van der Waals surface area contributed by atoms with Crippen molar-refractivity contribution < 1.29 is 0 Å². The third-order valence-electron chi connectivity index (χ3n) is 13.0. The number of hydrogen-bond donors (Lipinski definition) is 0. The minimum absolute atomic E-state index is 0.0320. The molecule has 0 aromatic heterocycles. The Bertz CT molecular complexity index is 3350. The normalized spacial score (nSPS) is 13.5. The van der Waals surface area contributed by atoms with Crippen molar-refractivity contribution in [2.75, 3.05) is 14.7 Å². The summed E-state index contributed by atoms with van der Waals surface area (Å²) in [5.41, 5.74) is 15.9. The highest BCUT2D eigenvalue weighted by molar-refractivity contribution is 8.00. The van der Waals surface area contributed by atoms with Crippen molar-refractivity contribution in [3.63, 3.8) is 0 Å². The van der Waals surface area contributed by atoms with E-state index in [9.17, 15) is 0 Å². The van der Waals surface area contributed by atoms with Gasteiger partial charge in [-0.2, -0.15) is 0 Å².